The quantitative estimate of drug-likeness (QED) is 0.822. The van der Waals surface area contributed by atoms with Crippen molar-refractivity contribution in [3.8, 4) is 0 Å². The Labute approximate surface area is 97.4 Å². The highest BCUT2D eigenvalue weighted by Gasteiger charge is 2.51. The Morgan fingerprint density at radius 1 is 1.29 bits per heavy atom. The van der Waals surface area contributed by atoms with Crippen LogP contribution >= 0.6 is 0 Å². The number of rotatable bonds is 4. The fourth-order valence-electron chi connectivity index (χ4n) is 1.87. The normalized spacial score (nSPS) is 16.3. The van der Waals surface area contributed by atoms with Crippen molar-refractivity contribution in [3.05, 3.63) is 35.6 Å². The van der Waals surface area contributed by atoms with Gasteiger partial charge in [0.05, 0.1) is 5.41 Å². The molecule has 1 saturated carbocycles. The Bertz CT molecular complexity index is 451. The number of amides is 1. The number of halogens is 1. The highest BCUT2D eigenvalue weighted by Crippen LogP contribution is 2.48. The van der Waals surface area contributed by atoms with E-state index < -0.39 is 11.4 Å². The van der Waals surface area contributed by atoms with Gasteiger partial charge in [-0.1, -0.05) is 12.1 Å². The Kier molecular flexibility index (Phi) is 2.83. The first-order chi connectivity index (χ1) is 8.04. The average Bonchev–Trinajstić information content (AvgIpc) is 3.08. The first-order valence-corrected chi connectivity index (χ1v) is 5.31. The summed E-state index contributed by atoms with van der Waals surface area (Å²) in [4.78, 5) is 22.2. The third-order valence-corrected chi connectivity index (χ3v) is 2.98. The topological polar surface area (TPSA) is 66.4 Å². The lowest BCUT2D eigenvalue weighted by molar-refractivity contribution is -0.138. The lowest BCUT2D eigenvalue weighted by Crippen LogP contribution is -2.37. The lowest BCUT2D eigenvalue weighted by atomic mass is 9.95. The van der Waals surface area contributed by atoms with E-state index in [2.05, 4.69) is 5.32 Å². The van der Waals surface area contributed by atoms with Gasteiger partial charge in [-0.3, -0.25) is 9.59 Å². The molecule has 0 heterocycles. The first-order valence-electron chi connectivity index (χ1n) is 5.31. The van der Waals surface area contributed by atoms with Crippen LogP contribution in [0.25, 0.3) is 0 Å². The number of aliphatic carboxylic acids is 1. The summed E-state index contributed by atoms with van der Waals surface area (Å²) in [5.41, 5.74) is 0.0881. The van der Waals surface area contributed by atoms with Crippen molar-refractivity contribution < 1.29 is 19.1 Å². The summed E-state index contributed by atoms with van der Waals surface area (Å²) in [6.45, 7) is -0.387. The van der Waals surface area contributed by atoms with E-state index in [0.717, 1.165) is 5.56 Å². The highest BCUT2D eigenvalue weighted by molar-refractivity contribution is 5.93. The number of carboxylic acid groups (broad SMARTS) is 1. The minimum atomic E-state index is -1.08. The van der Waals surface area contributed by atoms with Crippen molar-refractivity contribution in [2.45, 2.75) is 18.3 Å². The molecule has 5 heteroatoms. The molecule has 0 bridgehead atoms. The molecule has 17 heavy (non-hydrogen) atoms. The summed E-state index contributed by atoms with van der Waals surface area (Å²) < 4.78 is 12.8. The summed E-state index contributed by atoms with van der Waals surface area (Å²) in [5, 5.41) is 10.9. The molecule has 0 unspecified atom stereocenters. The minimum absolute atomic E-state index is 0.300. The molecule has 0 atom stereocenters. The molecule has 4 nitrogen and oxygen atoms in total. The van der Waals surface area contributed by atoms with Crippen LogP contribution in [-0.4, -0.2) is 23.5 Å². The second kappa shape index (κ2) is 4.16. The number of hydrogen-bond acceptors (Lipinski definition) is 2. The van der Waals surface area contributed by atoms with Crippen LogP contribution in [0.2, 0.25) is 0 Å². The van der Waals surface area contributed by atoms with E-state index in [4.69, 9.17) is 5.11 Å². The van der Waals surface area contributed by atoms with Crippen LogP contribution in [0.5, 0.6) is 0 Å². The predicted molar refractivity (Wildman–Crippen MR) is 58.0 cm³/mol. The van der Waals surface area contributed by atoms with E-state index >= 15 is 0 Å². The number of benzene rings is 1. The largest absolute Gasteiger partial charge is 0.480 e. The summed E-state index contributed by atoms with van der Waals surface area (Å²) in [6, 6.07) is 5.76. The number of carbonyl (C=O) groups is 2. The fourth-order valence-corrected chi connectivity index (χ4v) is 1.87. The number of carboxylic acids is 1. The van der Waals surface area contributed by atoms with E-state index in [9.17, 15) is 14.0 Å². The third kappa shape index (κ3) is 2.27. The molecule has 0 aliphatic heterocycles. The molecule has 0 radical (unpaired) electrons. The second-order valence-electron chi connectivity index (χ2n) is 4.17. The van der Waals surface area contributed by atoms with Gasteiger partial charge in [-0.2, -0.15) is 0 Å². The molecule has 1 aliphatic carbocycles. The Morgan fingerprint density at radius 2 is 1.88 bits per heavy atom. The smallest absolute Gasteiger partial charge is 0.322 e. The van der Waals surface area contributed by atoms with Crippen LogP contribution in [0.1, 0.15) is 18.4 Å². The molecule has 90 valence electrons. The molecule has 1 aromatic carbocycles. The molecule has 1 amide bonds. The summed E-state index contributed by atoms with van der Waals surface area (Å²) in [6.07, 6.45) is 1.34. The van der Waals surface area contributed by atoms with Crippen LogP contribution < -0.4 is 5.32 Å². The molecule has 1 aromatic rings. The van der Waals surface area contributed by atoms with Crippen molar-refractivity contribution in [1.82, 2.24) is 5.32 Å². The molecule has 0 aromatic heterocycles. The Balaban J connectivity index is 2.11. The van der Waals surface area contributed by atoms with Gasteiger partial charge in [0.25, 0.3) is 0 Å². The predicted octanol–water partition coefficient (Wildman–Crippen LogP) is 1.06. The summed E-state index contributed by atoms with van der Waals surface area (Å²) in [7, 11) is 0. The van der Waals surface area contributed by atoms with Gasteiger partial charge in [0.1, 0.15) is 12.4 Å². The van der Waals surface area contributed by atoms with E-state index in [0.29, 0.717) is 12.8 Å². The zero-order valence-corrected chi connectivity index (χ0v) is 9.07. The van der Waals surface area contributed by atoms with Gasteiger partial charge in [0.15, 0.2) is 0 Å². The maximum absolute atomic E-state index is 12.8. The zero-order valence-electron chi connectivity index (χ0n) is 9.07. The van der Waals surface area contributed by atoms with Gasteiger partial charge in [0.2, 0.25) is 5.91 Å². The van der Waals surface area contributed by atoms with Gasteiger partial charge in [-0.05, 0) is 30.5 Å². The maximum atomic E-state index is 12.8. The van der Waals surface area contributed by atoms with Crippen molar-refractivity contribution in [2.75, 3.05) is 6.54 Å². The molecule has 1 aliphatic rings. The van der Waals surface area contributed by atoms with Gasteiger partial charge < -0.3 is 10.4 Å². The zero-order chi connectivity index (χ0) is 12.5. The minimum Gasteiger partial charge on any atom is -0.480 e. The molecule has 2 rings (SSSR count). The van der Waals surface area contributed by atoms with E-state index in [1.807, 2.05) is 0 Å². The Hall–Kier alpha value is -1.91. The number of hydrogen-bond donors (Lipinski definition) is 2. The van der Waals surface area contributed by atoms with E-state index in [-0.39, 0.29) is 18.3 Å². The van der Waals surface area contributed by atoms with Crippen molar-refractivity contribution >= 4 is 11.9 Å². The number of carbonyl (C=O) groups excluding carboxylic acids is 1. The van der Waals surface area contributed by atoms with Crippen LogP contribution in [0.3, 0.4) is 0 Å². The standard InChI is InChI=1S/C12H12FNO3/c13-9-3-1-8(2-4-9)12(5-6-12)11(17)14-7-10(15)16/h1-4H,5-7H2,(H,14,17)(H,15,16). The van der Waals surface area contributed by atoms with Crippen molar-refractivity contribution in [1.29, 1.82) is 0 Å². The summed E-state index contributed by atoms with van der Waals surface area (Å²) >= 11 is 0. The maximum Gasteiger partial charge on any atom is 0.322 e. The van der Waals surface area contributed by atoms with Crippen LogP contribution in [-0.2, 0) is 15.0 Å². The average molecular weight is 237 g/mol. The molecular formula is C12H12FNO3. The van der Waals surface area contributed by atoms with E-state index in [1.54, 1.807) is 12.1 Å². The van der Waals surface area contributed by atoms with Crippen molar-refractivity contribution in [2.24, 2.45) is 0 Å². The van der Waals surface area contributed by atoms with Crippen LogP contribution in [0.15, 0.2) is 24.3 Å². The van der Waals surface area contributed by atoms with Gasteiger partial charge >= 0.3 is 5.97 Å². The highest BCUT2D eigenvalue weighted by atomic mass is 19.1. The fraction of sp³-hybridized carbons (Fsp3) is 0.333. The lowest BCUT2D eigenvalue weighted by Gasteiger charge is -2.14. The van der Waals surface area contributed by atoms with Gasteiger partial charge in [-0.25, -0.2) is 4.39 Å². The monoisotopic (exact) mass is 237 g/mol. The summed E-state index contributed by atoms with van der Waals surface area (Å²) in [5.74, 6) is -1.73. The molecule has 1 fully saturated rings. The Morgan fingerprint density at radius 3 is 2.35 bits per heavy atom. The van der Waals surface area contributed by atoms with Gasteiger partial charge in [0, 0.05) is 0 Å². The second-order valence-corrected chi connectivity index (χ2v) is 4.17. The SMILES string of the molecule is O=C(O)CNC(=O)C1(c2ccc(F)cc2)CC1. The van der Waals surface area contributed by atoms with Gasteiger partial charge in [-0.15, -0.1) is 0 Å². The molecular weight excluding hydrogens is 225 g/mol. The first kappa shape index (κ1) is 11.6. The van der Waals surface area contributed by atoms with Crippen LogP contribution in [0, 0.1) is 5.82 Å². The van der Waals surface area contributed by atoms with Crippen LogP contribution in [0.4, 0.5) is 4.39 Å². The molecule has 2 N–H and O–H groups in total. The molecule has 0 spiro atoms. The van der Waals surface area contributed by atoms with Crippen molar-refractivity contribution in [3.63, 3.8) is 0 Å². The third-order valence-electron chi connectivity index (χ3n) is 2.98. The molecule has 0 saturated heterocycles. The number of nitrogens with one attached hydrogen (secondary N) is 1. The van der Waals surface area contributed by atoms with E-state index in [1.165, 1.54) is 12.1 Å².